The smallest absolute Gasteiger partial charge is 0.233 e. The number of rotatable bonds is 11. The number of nitrogens with one attached hydrogen (secondary N) is 1. The zero-order valence-corrected chi connectivity index (χ0v) is 20.8. The number of hydrogen-bond acceptors (Lipinski definition) is 4. The van der Waals surface area contributed by atoms with E-state index in [1.54, 1.807) is 18.2 Å². The number of allylic oxidation sites excluding steroid dienone is 5. The Kier molecular flexibility index (Phi) is 13.0. The first-order valence-corrected chi connectivity index (χ1v) is 11.5. The lowest BCUT2D eigenvalue weighted by Gasteiger charge is -2.17. The second-order valence-corrected chi connectivity index (χ2v) is 7.41. The van der Waals surface area contributed by atoms with E-state index in [9.17, 15) is 9.90 Å². The number of carbonyl (C=O) groups is 1. The van der Waals surface area contributed by atoms with Crippen molar-refractivity contribution < 1.29 is 14.6 Å². The number of nitrogens with two attached hydrogens (primary N) is 1. The minimum atomic E-state index is -0.717. The molecule has 0 saturated carbocycles. The second kappa shape index (κ2) is 15.4. The van der Waals surface area contributed by atoms with Crippen LogP contribution in [0.15, 0.2) is 103 Å². The zero-order chi connectivity index (χ0) is 25.5. The van der Waals surface area contributed by atoms with Crippen molar-refractivity contribution in [3.63, 3.8) is 0 Å². The number of ether oxygens (including phenoxy) is 1. The normalized spacial score (nSPS) is 13.1. The standard InChI is InChI=1S/C27H32N2O3.C2H6/c1-5-20(19(3)4)16-23(6-2)29-27(31)25(17-28)21-12-14-24(15-13-21)32-18-26(30)22-10-8-7-9-11-22;1-2/h5-16,25-26,30H,1,3,17-18,28H2,2,4H3,(H,29,31);1-2H3/b20-16-,23-6+;. The van der Waals surface area contributed by atoms with E-state index in [0.29, 0.717) is 11.4 Å². The highest BCUT2D eigenvalue weighted by molar-refractivity contribution is 5.85. The van der Waals surface area contributed by atoms with Gasteiger partial charge in [-0.15, -0.1) is 0 Å². The van der Waals surface area contributed by atoms with Crippen LogP contribution in [0.3, 0.4) is 0 Å². The van der Waals surface area contributed by atoms with Crippen LogP contribution >= 0.6 is 0 Å². The summed E-state index contributed by atoms with van der Waals surface area (Å²) in [6, 6.07) is 16.5. The number of benzene rings is 2. The molecule has 0 aliphatic heterocycles. The van der Waals surface area contributed by atoms with Gasteiger partial charge in [-0.1, -0.05) is 87.2 Å². The third-order valence-electron chi connectivity index (χ3n) is 5.03. The molecule has 5 heteroatoms. The van der Waals surface area contributed by atoms with E-state index < -0.39 is 12.0 Å². The van der Waals surface area contributed by atoms with Crippen molar-refractivity contribution in [3.05, 3.63) is 114 Å². The number of carbonyl (C=O) groups excluding carboxylic acids is 1. The third-order valence-corrected chi connectivity index (χ3v) is 5.03. The van der Waals surface area contributed by atoms with Crippen molar-refractivity contribution in [3.8, 4) is 5.75 Å². The summed E-state index contributed by atoms with van der Waals surface area (Å²) >= 11 is 0. The van der Waals surface area contributed by atoms with Gasteiger partial charge in [0, 0.05) is 12.2 Å². The maximum absolute atomic E-state index is 12.9. The van der Waals surface area contributed by atoms with Crippen molar-refractivity contribution in [1.82, 2.24) is 5.32 Å². The molecule has 2 aromatic rings. The van der Waals surface area contributed by atoms with E-state index in [-0.39, 0.29) is 19.1 Å². The molecule has 0 aromatic heterocycles. The number of aliphatic hydroxyl groups excluding tert-OH is 1. The molecule has 34 heavy (non-hydrogen) atoms. The van der Waals surface area contributed by atoms with Gasteiger partial charge in [0.05, 0.1) is 5.92 Å². The molecule has 4 N–H and O–H groups in total. The zero-order valence-electron chi connectivity index (χ0n) is 20.8. The van der Waals surface area contributed by atoms with Gasteiger partial charge < -0.3 is 20.9 Å². The summed E-state index contributed by atoms with van der Waals surface area (Å²) in [4.78, 5) is 12.9. The van der Waals surface area contributed by atoms with Gasteiger partial charge in [0.25, 0.3) is 0 Å². The highest BCUT2D eigenvalue weighted by Gasteiger charge is 2.20. The molecule has 182 valence electrons. The Balaban J connectivity index is 0.00000281. The van der Waals surface area contributed by atoms with Gasteiger partial charge >= 0.3 is 0 Å². The molecule has 2 rings (SSSR count). The minimum absolute atomic E-state index is 0.134. The largest absolute Gasteiger partial charge is 0.491 e. The first-order chi connectivity index (χ1) is 16.4. The average Bonchev–Trinajstić information content (AvgIpc) is 2.87. The number of aliphatic hydroxyl groups is 1. The van der Waals surface area contributed by atoms with Crippen LogP contribution in [-0.2, 0) is 4.79 Å². The van der Waals surface area contributed by atoms with Gasteiger partial charge in [0.15, 0.2) is 0 Å². The lowest BCUT2D eigenvalue weighted by molar-refractivity contribution is -0.121. The molecule has 2 atom stereocenters. The predicted molar refractivity (Wildman–Crippen MR) is 141 cm³/mol. The van der Waals surface area contributed by atoms with Crippen LogP contribution in [0.1, 0.15) is 50.8 Å². The average molecular weight is 463 g/mol. The Labute approximate surface area is 204 Å². The Morgan fingerprint density at radius 2 is 1.74 bits per heavy atom. The summed E-state index contributed by atoms with van der Waals surface area (Å²) in [7, 11) is 0. The maximum atomic E-state index is 12.9. The highest BCUT2D eigenvalue weighted by Crippen LogP contribution is 2.22. The minimum Gasteiger partial charge on any atom is -0.491 e. The van der Waals surface area contributed by atoms with Crippen LogP contribution in [0, 0.1) is 0 Å². The number of hydrogen-bond donors (Lipinski definition) is 3. The summed E-state index contributed by atoms with van der Waals surface area (Å²) in [6.45, 7) is 15.7. The first-order valence-electron chi connectivity index (χ1n) is 11.5. The van der Waals surface area contributed by atoms with Crippen LogP contribution in [0.5, 0.6) is 5.75 Å². The van der Waals surface area contributed by atoms with Gasteiger partial charge in [-0.3, -0.25) is 4.79 Å². The molecular weight excluding hydrogens is 424 g/mol. The molecule has 2 aromatic carbocycles. The number of amides is 1. The summed E-state index contributed by atoms with van der Waals surface area (Å²) in [5.41, 5.74) is 9.85. The summed E-state index contributed by atoms with van der Waals surface area (Å²) in [6.07, 6.45) is 4.62. The third kappa shape index (κ3) is 8.85. The maximum Gasteiger partial charge on any atom is 0.233 e. The van der Waals surface area contributed by atoms with Crippen LogP contribution in [0.25, 0.3) is 0 Å². The Bertz CT molecular complexity index is 976. The van der Waals surface area contributed by atoms with Crippen molar-refractivity contribution in [2.75, 3.05) is 13.2 Å². The van der Waals surface area contributed by atoms with Crippen LogP contribution in [0.4, 0.5) is 0 Å². The molecule has 0 spiro atoms. The summed E-state index contributed by atoms with van der Waals surface area (Å²) < 4.78 is 5.70. The van der Waals surface area contributed by atoms with Gasteiger partial charge in [0.1, 0.15) is 18.5 Å². The van der Waals surface area contributed by atoms with Crippen molar-refractivity contribution >= 4 is 5.91 Å². The molecule has 1 amide bonds. The van der Waals surface area contributed by atoms with E-state index in [0.717, 1.165) is 22.3 Å². The van der Waals surface area contributed by atoms with Crippen molar-refractivity contribution in [2.45, 2.75) is 39.7 Å². The molecular formula is C29H38N2O3. The quantitative estimate of drug-likeness (QED) is 0.381. The summed E-state index contributed by atoms with van der Waals surface area (Å²) in [5.74, 6) is -0.108. The predicted octanol–water partition coefficient (Wildman–Crippen LogP) is 5.58. The topological polar surface area (TPSA) is 84.6 Å². The molecule has 0 heterocycles. The SMILES string of the molecule is C=C/C(=C/C(=C\C)NC(=O)C(CN)c1ccc(OCC(O)c2ccccc2)cc1)C(=C)C.CC. The lowest BCUT2D eigenvalue weighted by Crippen LogP contribution is -2.32. The van der Waals surface area contributed by atoms with Crippen LogP contribution in [-0.4, -0.2) is 24.2 Å². The van der Waals surface area contributed by atoms with Gasteiger partial charge in [-0.2, -0.15) is 0 Å². The van der Waals surface area contributed by atoms with Gasteiger partial charge in [-0.05, 0) is 48.8 Å². The fourth-order valence-electron chi connectivity index (χ4n) is 3.08. The molecule has 2 unspecified atom stereocenters. The van der Waals surface area contributed by atoms with E-state index in [1.165, 1.54) is 0 Å². The molecule has 0 saturated heterocycles. The van der Waals surface area contributed by atoms with E-state index in [1.807, 2.05) is 82.3 Å². The van der Waals surface area contributed by atoms with Gasteiger partial charge in [-0.25, -0.2) is 0 Å². The van der Waals surface area contributed by atoms with Crippen LogP contribution in [0.2, 0.25) is 0 Å². The summed E-state index contributed by atoms with van der Waals surface area (Å²) in [5, 5.41) is 13.2. The Morgan fingerprint density at radius 3 is 2.24 bits per heavy atom. The fraction of sp³-hybridized carbons (Fsp3) is 0.276. The molecule has 0 fully saturated rings. The van der Waals surface area contributed by atoms with Crippen LogP contribution < -0.4 is 15.8 Å². The monoisotopic (exact) mass is 462 g/mol. The molecule has 0 bridgehead atoms. The van der Waals surface area contributed by atoms with Gasteiger partial charge in [0.2, 0.25) is 5.91 Å². The molecule has 0 aliphatic carbocycles. The Morgan fingerprint density at radius 1 is 1.12 bits per heavy atom. The van der Waals surface area contributed by atoms with E-state index >= 15 is 0 Å². The fourth-order valence-corrected chi connectivity index (χ4v) is 3.08. The van der Waals surface area contributed by atoms with E-state index in [2.05, 4.69) is 18.5 Å². The van der Waals surface area contributed by atoms with Crippen molar-refractivity contribution in [1.29, 1.82) is 0 Å². The van der Waals surface area contributed by atoms with Crippen molar-refractivity contribution in [2.24, 2.45) is 5.73 Å². The second-order valence-electron chi connectivity index (χ2n) is 7.41. The highest BCUT2D eigenvalue weighted by atomic mass is 16.5. The first kappa shape index (κ1) is 28.6. The Hall–Kier alpha value is -3.41. The molecule has 0 aliphatic rings. The van der Waals surface area contributed by atoms with E-state index in [4.69, 9.17) is 10.5 Å². The molecule has 0 radical (unpaired) electrons. The lowest BCUT2D eigenvalue weighted by atomic mass is 9.98. The molecule has 5 nitrogen and oxygen atoms in total.